The van der Waals surface area contributed by atoms with E-state index in [-0.39, 0.29) is 34.5 Å². The zero-order valence-electron chi connectivity index (χ0n) is 15.6. The van der Waals surface area contributed by atoms with Crippen LogP contribution in [0.15, 0.2) is 52.4 Å². The molecule has 1 fully saturated rings. The predicted molar refractivity (Wildman–Crippen MR) is 110 cm³/mol. The minimum absolute atomic E-state index is 0.0477. The summed E-state index contributed by atoms with van der Waals surface area (Å²) in [5, 5.41) is 3.50. The minimum atomic E-state index is -0.701. The molecule has 1 aromatic heterocycles. The zero-order valence-corrected chi connectivity index (χ0v) is 16.5. The van der Waals surface area contributed by atoms with E-state index in [9.17, 15) is 18.8 Å². The molecule has 8 heteroatoms. The molecule has 6 nitrogen and oxygen atoms in total. The number of Topliss-reactive ketones (excluding diaryl/α,β-unsaturated/α-hetero) is 1. The maximum atomic E-state index is 14.3. The maximum absolute atomic E-state index is 14.3. The Balaban J connectivity index is 1.58. The van der Waals surface area contributed by atoms with Gasteiger partial charge in [-0.2, -0.15) is 0 Å². The van der Waals surface area contributed by atoms with Gasteiger partial charge >= 0.3 is 0 Å². The lowest BCUT2D eigenvalue weighted by atomic mass is 10.1. The van der Waals surface area contributed by atoms with Gasteiger partial charge in [-0.15, -0.1) is 0 Å². The summed E-state index contributed by atoms with van der Waals surface area (Å²) in [5.74, 6) is -1.48. The highest BCUT2D eigenvalue weighted by molar-refractivity contribution is 7.99. The Labute approximate surface area is 170 Å². The number of nitrogens with one attached hydrogen (secondary N) is 1. The number of halogens is 1. The summed E-state index contributed by atoms with van der Waals surface area (Å²) in [6.07, 6.45) is 1.81. The number of anilines is 1. The number of aromatic nitrogens is 2. The van der Waals surface area contributed by atoms with Crippen molar-refractivity contribution in [1.29, 1.82) is 0 Å². The van der Waals surface area contributed by atoms with Crippen molar-refractivity contribution in [3.8, 4) is 0 Å². The molecule has 29 heavy (non-hydrogen) atoms. The van der Waals surface area contributed by atoms with Crippen LogP contribution in [-0.2, 0) is 4.79 Å². The Bertz CT molecular complexity index is 1190. The van der Waals surface area contributed by atoms with E-state index >= 15 is 0 Å². The highest BCUT2D eigenvalue weighted by atomic mass is 32.2. The van der Waals surface area contributed by atoms with Crippen LogP contribution in [-0.4, -0.2) is 27.0 Å². The van der Waals surface area contributed by atoms with E-state index < -0.39 is 11.6 Å². The van der Waals surface area contributed by atoms with Crippen molar-refractivity contribution in [3.63, 3.8) is 0 Å². The molecule has 1 aliphatic carbocycles. The molecule has 0 unspecified atom stereocenters. The lowest BCUT2D eigenvalue weighted by molar-refractivity contribution is -0.114. The van der Waals surface area contributed by atoms with Crippen molar-refractivity contribution in [2.24, 2.45) is 0 Å². The molecule has 148 valence electrons. The monoisotopic (exact) mass is 411 g/mol. The number of hydrogen-bond acceptors (Lipinski definition) is 5. The van der Waals surface area contributed by atoms with Gasteiger partial charge in [-0.1, -0.05) is 23.9 Å². The van der Waals surface area contributed by atoms with Gasteiger partial charge in [-0.3, -0.25) is 19.0 Å². The molecule has 4 rings (SSSR count). The number of carbonyl (C=O) groups is 2. The zero-order chi connectivity index (χ0) is 20.5. The SMILES string of the molecule is CC(=O)Nc1ccc(C(=O)CSc2nc3ccccc3c(=O)n2C2CC2)c(F)c1. The predicted octanol–water partition coefficient (Wildman–Crippen LogP) is 3.80. The van der Waals surface area contributed by atoms with E-state index in [4.69, 9.17) is 0 Å². The molecule has 1 saturated carbocycles. The third-order valence-electron chi connectivity index (χ3n) is 4.61. The molecule has 2 aromatic carbocycles. The fourth-order valence-electron chi connectivity index (χ4n) is 3.11. The number of amides is 1. The third-order valence-corrected chi connectivity index (χ3v) is 5.56. The van der Waals surface area contributed by atoms with Crippen LogP contribution in [0.3, 0.4) is 0 Å². The van der Waals surface area contributed by atoms with Gasteiger partial charge in [0.25, 0.3) is 5.56 Å². The first-order valence-corrected chi connectivity index (χ1v) is 10.2. The summed E-state index contributed by atoms with van der Waals surface area (Å²) in [7, 11) is 0. The fourth-order valence-corrected chi connectivity index (χ4v) is 4.06. The number of para-hydroxylation sites is 1. The van der Waals surface area contributed by atoms with Crippen LogP contribution in [0.1, 0.15) is 36.2 Å². The fraction of sp³-hybridized carbons (Fsp3) is 0.238. The first-order chi connectivity index (χ1) is 13.9. The first kappa shape index (κ1) is 19.3. The molecule has 1 amide bonds. The summed E-state index contributed by atoms with van der Waals surface area (Å²) in [6.45, 7) is 1.32. The second-order valence-electron chi connectivity index (χ2n) is 6.91. The van der Waals surface area contributed by atoms with Crippen LogP contribution < -0.4 is 10.9 Å². The average molecular weight is 411 g/mol. The number of benzene rings is 2. The van der Waals surface area contributed by atoms with Crippen molar-refractivity contribution in [2.45, 2.75) is 31.0 Å². The molecule has 0 atom stereocenters. The maximum Gasteiger partial charge on any atom is 0.262 e. The summed E-state index contributed by atoms with van der Waals surface area (Å²) < 4.78 is 16.0. The van der Waals surface area contributed by atoms with Crippen molar-refractivity contribution in [1.82, 2.24) is 9.55 Å². The number of fused-ring (bicyclic) bond motifs is 1. The molecule has 3 aromatic rings. The van der Waals surface area contributed by atoms with E-state index in [1.165, 1.54) is 19.1 Å². The van der Waals surface area contributed by atoms with E-state index in [1.807, 2.05) is 6.07 Å². The Morgan fingerprint density at radius 1 is 1.24 bits per heavy atom. The molecule has 0 saturated heterocycles. The summed E-state index contributed by atoms with van der Waals surface area (Å²) >= 11 is 1.14. The van der Waals surface area contributed by atoms with E-state index in [0.717, 1.165) is 30.7 Å². The van der Waals surface area contributed by atoms with E-state index in [0.29, 0.717) is 16.1 Å². The van der Waals surface area contributed by atoms with Gasteiger partial charge in [0.05, 0.1) is 22.2 Å². The molecule has 1 aliphatic rings. The number of ketones is 1. The number of carbonyl (C=O) groups excluding carboxylic acids is 2. The van der Waals surface area contributed by atoms with Crippen LogP contribution in [0.2, 0.25) is 0 Å². The topological polar surface area (TPSA) is 81.1 Å². The number of nitrogens with zero attached hydrogens (tertiary/aromatic N) is 2. The van der Waals surface area contributed by atoms with Crippen LogP contribution in [0.25, 0.3) is 10.9 Å². The molecule has 0 radical (unpaired) electrons. The average Bonchev–Trinajstić information content (AvgIpc) is 3.51. The standard InChI is InChI=1S/C21H18FN3O3S/c1-12(26)23-13-6-9-15(17(22)10-13)19(27)11-29-21-24-18-5-3-2-4-16(18)20(28)25(21)14-7-8-14/h2-6,9-10,14H,7-8,11H2,1H3,(H,23,26). The molecule has 1 heterocycles. The highest BCUT2D eigenvalue weighted by Crippen LogP contribution is 2.37. The number of hydrogen-bond donors (Lipinski definition) is 1. The van der Waals surface area contributed by atoms with Crippen LogP contribution >= 0.6 is 11.8 Å². The van der Waals surface area contributed by atoms with Crippen LogP contribution in [0.4, 0.5) is 10.1 Å². The molecule has 0 aliphatic heterocycles. The van der Waals surface area contributed by atoms with Crippen molar-refractivity contribution >= 4 is 40.0 Å². The molecule has 0 bridgehead atoms. The normalized spacial score (nSPS) is 13.4. The molecule has 1 N–H and O–H groups in total. The van der Waals surface area contributed by atoms with Gasteiger partial charge in [0.1, 0.15) is 5.82 Å². The molecular formula is C21H18FN3O3S. The third kappa shape index (κ3) is 4.07. The van der Waals surface area contributed by atoms with Gasteiger partial charge in [-0.05, 0) is 43.2 Å². The van der Waals surface area contributed by atoms with Gasteiger partial charge in [-0.25, -0.2) is 9.37 Å². The van der Waals surface area contributed by atoms with Gasteiger partial charge < -0.3 is 5.32 Å². The van der Waals surface area contributed by atoms with Gasteiger partial charge in [0.2, 0.25) is 5.91 Å². The lowest BCUT2D eigenvalue weighted by Gasteiger charge is -2.12. The molecular weight excluding hydrogens is 393 g/mol. The largest absolute Gasteiger partial charge is 0.326 e. The lowest BCUT2D eigenvalue weighted by Crippen LogP contribution is -2.23. The van der Waals surface area contributed by atoms with Crippen molar-refractivity contribution in [3.05, 3.63) is 64.2 Å². The number of thioether (sulfide) groups is 1. The second-order valence-corrected chi connectivity index (χ2v) is 7.85. The number of rotatable bonds is 6. The summed E-state index contributed by atoms with van der Waals surface area (Å²) in [5.41, 5.74) is 0.694. The Hall–Kier alpha value is -3.00. The Morgan fingerprint density at radius 2 is 2.00 bits per heavy atom. The van der Waals surface area contributed by atoms with Gasteiger partial charge in [0, 0.05) is 18.7 Å². The van der Waals surface area contributed by atoms with Crippen LogP contribution in [0, 0.1) is 5.82 Å². The first-order valence-electron chi connectivity index (χ1n) is 9.18. The quantitative estimate of drug-likeness (QED) is 0.379. The van der Waals surface area contributed by atoms with Crippen molar-refractivity contribution in [2.75, 3.05) is 11.1 Å². The summed E-state index contributed by atoms with van der Waals surface area (Å²) in [4.78, 5) is 41.1. The van der Waals surface area contributed by atoms with Crippen molar-refractivity contribution < 1.29 is 14.0 Å². The van der Waals surface area contributed by atoms with E-state index in [1.54, 1.807) is 22.8 Å². The highest BCUT2D eigenvalue weighted by Gasteiger charge is 2.29. The van der Waals surface area contributed by atoms with Crippen LogP contribution in [0.5, 0.6) is 0 Å². The van der Waals surface area contributed by atoms with Gasteiger partial charge in [0.15, 0.2) is 10.9 Å². The Kier molecular flexibility index (Phi) is 5.19. The summed E-state index contributed by atoms with van der Waals surface area (Å²) in [6, 6.07) is 11.2. The molecule has 0 spiro atoms. The second kappa shape index (κ2) is 7.79. The Morgan fingerprint density at radius 3 is 2.69 bits per heavy atom. The minimum Gasteiger partial charge on any atom is -0.326 e. The van der Waals surface area contributed by atoms with E-state index in [2.05, 4.69) is 10.3 Å². The smallest absolute Gasteiger partial charge is 0.262 e.